The average molecular weight is 508 g/mol. The number of methoxy groups -OCH3 is 1. The fourth-order valence-electron chi connectivity index (χ4n) is 3.17. The van der Waals surface area contributed by atoms with Crippen molar-refractivity contribution in [1.82, 2.24) is 4.31 Å². The molecule has 0 radical (unpaired) electrons. The molecule has 3 aromatic carbocycles. The van der Waals surface area contributed by atoms with Gasteiger partial charge in [-0.3, -0.25) is 0 Å². The van der Waals surface area contributed by atoms with E-state index in [-0.39, 0.29) is 28.1 Å². The Morgan fingerprint density at radius 2 is 1.35 bits per heavy atom. The van der Waals surface area contributed by atoms with Crippen LogP contribution in [0.25, 0.3) is 0 Å². The van der Waals surface area contributed by atoms with Gasteiger partial charge in [0.05, 0.1) is 12.0 Å². The van der Waals surface area contributed by atoms with E-state index in [1.165, 1.54) is 35.7 Å². The van der Waals surface area contributed by atoms with Gasteiger partial charge in [0.1, 0.15) is 22.2 Å². The summed E-state index contributed by atoms with van der Waals surface area (Å²) in [6, 6.07) is 16.3. The van der Waals surface area contributed by atoms with E-state index >= 15 is 0 Å². The number of sulfonamides is 1. The van der Waals surface area contributed by atoms with Gasteiger partial charge >= 0.3 is 10.1 Å². The highest BCUT2D eigenvalue weighted by Gasteiger charge is 2.28. The Morgan fingerprint density at radius 1 is 0.824 bits per heavy atom. The van der Waals surface area contributed by atoms with E-state index in [1.54, 1.807) is 24.3 Å². The lowest BCUT2D eigenvalue weighted by molar-refractivity contribution is 0.323. The predicted octanol–water partition coefficient (Wildman–Crippen LogP) is 4.59. The normalized spacial score (nSPS) is 13.0. The number of halogens is 1. The van der Waals surface area contributed by atoms with Crippen LogP contribution in [0.5, 0.6) is 11.5 Å². The van der Waals surface area contributed by atoms with Crippen LogP contribution in [-0.4, -0.2) is 34.3 Å². The molecule has 10 heteroatoms. The lowest BCUT2D eigenvalue weighted by Crippen LogP contribution is -2.37. The van der Waals surface area contributed by atoms with Crippen LogP contribution >= 0.6 is 0 Å². The van der Waals surface area contributed by atoms with Crippen LogP contribution < -0.4 is 8.92 Å². The fourth-order valence-corrected chi connectivity index (χ4v) is 5.79. The molecule has 3 aromatic rings. The predicted molar refractivity (Wildman–Crippen MR) is 126 cm³/mol. The third kappa shape index (κ3) is 5.94. The number of benzene rings is 3. The topological polar surface area (TPSA) is 90.0 Å². The molecule has 0 amide bonds. The molecule has 0 aliphatic heterocycles. The number of hydrogen-bond acceptors (Lipinski definition) is 6. The summed E-state index contributed by atoms with van der Waals surface area (Å²) in [5.74, 6) is 0.0557. The highest BCUT2D eigenvalue weighted by Crippen LogP contribution is 2.26. The summed E-state index contributed by atoms with van der Waals surface area (Å²) in [4.78, 5) is -0.0227. The Bertz CT molecular complexity index is 1310. The molecule has 3 rings (SSSR count). The van der Waals surface area contributed by atoms with Crippen LogP contribution in [0.15, 0.2) is 82.6 Å². The quantitative estimate of drug-likeness (QED) is 0.373. The summed E-state index contributed by atoms with van der Waals surface area (Å²) in [5, 5.41) is 0. The van der Waals surface area contributed by atoms with Crippen molar-refractivity contribution in [3.05, 3.63) is 84.2 Å². The molecule has 0 aromatic heterocycles. The maximum atomic E-state index is 13.3. The van der Waals surface area contributed by atoms with Crippen molar-refractivity contribution in [2.75, 3.05) is 7.11 Å². The van der Waals surface area contributed by atoms with Gasteiger partial charge in [-0.2, -0.15) is 12.7 Å². The SMILES string of the molecule is CC[C@@H](C)N(Cc1ccc(OS(=O)(=O)c2ccc(F)cc2)cc1)S(=O)(=O)c1ccc(OC)cc1. The van der Waals surface area contributed by atoms with E-state index in [9.17, 15) is 21.2 Å². The third-order valence-electron chi connectivity index (χ3n) is 5.32. The highest BCUT2D eigenvalue weighted by atomic mass is 32.2. The number of rotatable bonds is 10. The van der Waals surface area contributed by atoms with Crippen LogP contribution in [0.2, 0.25) is 0 Å². The van der Waals surface area contributed by atoms with Crippen molar-refractivity contribution < 1.29 is 30.1 Å². The first-order valence-electron chi connectivity index (χ1n) is 10.5. The first kappa shape index (κ1) is 25.7. The molecular weight excluding hydrogens is 481 g/mol. The minimum absolute atomic E-state index is 0.0566. The van der Waals surface area contributed by atoms with Crippen molar-refractivity contribution in [2.45, 2.75) is 42.6 Å². The van der Waals surface area contributed by atoms with Gasteiger partial charge in [0.2, 0.25) is 10.0 Å². The van der Waals surface area contributed by atoms with E-state index in [0.717, 1.165) is 24.3 Å². The Balaban J connectivity index is 1.80. The number of nitrogens with zero attached hydrogens (tertiary/aromatic N) is 1. The van der Waals surface area contributed by atoms with E-state index in [1.807, 2.05) is 13.8 Å². The molecule has 0 heterocycles. The average Bonchev–Trinajstić information content (AvgIpc) is 2.83. The zero-order valence-electron chi connectivity index (χ0n) is 19.0. The van der Waals surface area contributed by atoms with Crippen molar-refractivity contribution in [2.24, 2.45) is 0 Å². The second-order valence-electron chi connectivity index (χ2n) is 7.62. The molecule has 0 unspecified atom stereocenters. The van der Waals surface area contributed by atoms with E-state index in [2.05, 4.69) is 0 Å². The summed E-state index contributed by atoms with van der Waals surface area (Å²) >= 11 is 0. The molecule has 0 bridgehead atoms. The second-order valence-corrected chi connectivity index (χ2v) is 11.1. The van der Waals surface area contributed by atoms with Crippen LogP contribution in [0, 0.1) is 5.82 Å². The first-order valence-corrected chi connectivity index (χ1v) is 13.4. The zero-order chi connectivity index (χ0) is 24.9. The van der Waals surface area contributed by atoms with Gasteiger partial charge < -0.3 is 8.92 Å². The van der Waals surface area contributed by atoms with Gasteiger partial charge in [-0.05, 0) is 79.6 Å². The Kier molecular flexibility index (Phi) is 7.96. The third-order valence-corrected chi connectivity index (χ3v) is 8.55. The Morgan fingerprint density at radius 3 is 1.88 bits per heavy atom. The van der Waals surface area contributed by atoms with Crippen LogP contribution in [0.1, 0.15) is 25.8 Å². The van der Waals surface area contributed by atoms with Crippen molar-refractivity contribution in [3.8, 4) is 11.5 Å². The summed E-state index contributed by atoms with van der Waals surface area (Å²) in [6.07, 6.45) is 0.604. The monoisotopic (exact) mass is 507 g/mol. The number of ether oxygens (including phenoxy) is 1. The van der Waals surface area contributed by atoms with Crippen LogP contribution in [-0.2, 0) is 26.7 Å². The Hall–Kier alpha value is -2.95. The van der Waals surface area contributed by atoms with Gasteiger partial charge in [-0.1, -0.05) is 19.1 Å². The van der Waals surface area contributed by atoms with Crippen molar-refractivity contribution in [1.29, 1.82) is 0 Å². The molecule has 0 fully saturated rings. The van der Waals surface area contributed by atoms with Crippen LogP contribution in [0.3, 0.4) is 0 Å². The van der Waals surface area contributed by atoms with Gasteiger partial charge in [0.25, 0.3) is 0 Å². The Labute approximate surface area is 199 Å². The maximum absolute atomic E-state index is 13.3. The minimum Gasteiger partial charge on any atom is -0.497 e. The summed E-state index contributed by atoms with van der Waals surface area (Å²) in [6.45, 7) is 3.82. The molecule has 0 aliphatic carbocycles. The molecular formula is C24H26FNO6S2. The van der Waals surface area contributed by atoms with Crippen molar-refractivity contribution >= 4 is 20.1 Å². The molecule has 182 valence electrons. The summed E-state index contributed by atoms with van der Waals surface area (Å²) in [7, 11) is -6.42. The molecule has 0 N–H and O–H groups in total. The molecule has 0 saturated heterocycles. The molecule has 1 atom stereocenters. The summed E-state index contributed by atoms with van der Waals surface area (Å²) < 4.78 is 76.1. The lowest BCUT2D eigenvalue weighted by atomic mass is 10.2. The molecule has 7 nitrogen and oxygen atoms in total. The summed E-state index contributed by atoms with van der Waals surface area (Å²) in [5.41, 5.74) is 0.656. The maximum Gasteiger partial charge on any atom is 0.339 e. The van der Waals surface area contributed by atoms with Gasteiger partial charge in [0.15, 0.2) is 0 Å². The standard InChI is InChI=1S/C24H26FNO6S2/c1-4-18(2)26(33(27,28)23-15-11-21(31-3)12-16-23)17-19-5-9-22(10-6-19)32-34(29,30)24-13-7-20(25)8-14-24/h5-16,18H,4,17H2,1-3H3/t18-/m1/s1. The molecule has 34 heavy (non-hydrogen) atoms. The van der Waals surface area contributed by atoms with E-state index < -0.39 is 26.0 Å². The second kappa shape index (κ2) is 10.5. The fraction of sp³-hybridized carbons (Fsp3) is 0.250. The van der Waals surface area contributed by atoms with Crippen LogP contribution in [0.4, 0.5) is 4.39 Å². The van der Waals surface area contributed by atoms with Gasteiger partial charge in [-0.15, -0.1) is 0 Å². The van der Waals surface area contributed by atoms with E-state index in [0.29, 0.717) is 17.7 Å². The minimum atomic E-state index is -4.13. The molecule has 0 saturated carbocycles. The lowest BCUT2D eigenvalue weighted by Gasteiger charge is -2.28. The molecule has 0 spiro atoms. The van der Waals surface area contributed by atoms with E-state index in [4.69, 9.17) is 8.92 Å². The smallest absolute Gasteiger partial charge is 0.339 e. The zero-order valence-corrected chi connectivity index (χ0v) is 20.6. The first-order chi connectivity index (χ1) is 16.1. The van der Waals surface area contributed by atoms with Crippen molar-refractivity contribution in [3.63, 3.8) is 0 Å². The largest absolute Gasteiger partial charge is 0.497 e. The highest BCUT2D eigenvalue weighted by molar-refractivity contribution is 7.89. The number of hydrogen-bond donors (Lipinski definition) is 0. The van der Waals surface area contributed by atoms with Gasteiger partial charge in [-0.25, -0.2) is 12.8 Å². The molecule has 0 aliphatic rings. The van der Waals surface area contributed by atoms with Gasteiger partial charge in [0, 0.05) is 12.6 Å².